The highest BCUT2D eigenvalue weighted by atomic mass is 79.9. The molecule has 1 aliphatic rings. The number of rotatable bonds is 2. The first-order valence-corrected chi connectivity index (χ1v) is 7.25. The fourth-order valence-corrected chi connectivity index (χ4v) is 2.65. The molecule has 1 saturated heterocycles. The Morgan fingerprint density at radius 1 is 1.44 bits per heavy atom. The Kier molecular flexibility index (Phi) is 4.27. The van der Waals surface area contributed by atoms with Gasteiger partial charge in [0.25, 0.3) is 5.91 Å². The predicted octanol–water partition coefficient (Wildman–Crippen LogP) is 3.29. The van der Waals surface area contributed by atoms with E-state index in [1.54, 1.807) is 6.07 Å². The molecule has 18 heavy (non-hydrogen) atoms. The average Bonchev–Trinajstić information content (AvgIpc) is 2.41. The lowest BCUT2D eigenvalue weighted by molar-refractivity contribution is 0.0689. The number of nitrogen functional groups attached to an aromatic ring is 1. The Labute approximate surface area is 116 Å². The number of nitrogens with zero attached hydrogens (tertiary/aromatic N) is 1. The van der Waals surface area contributed by atoms with E-state index in [0.29, 0.717) is 11.3 Å². The summed E-state index contributed by atoms with van der Waals surface area (Å²) < 4.78 is 0.837. The van der Waals surface area contributed by atoms with E-state index in [2.05, 4.69) is 22.9 Å². The summed E-state index contributed by atoms with van der Waals surface area (Å²) in [5, 5.41) is 0. The number of benzene rings is 1. The Hall–Kier alpha value is -1.03. The van der Waals surface area contributed by atoms with Crippen molar-refractivity contribution in [3.63, 3.8) is 0 Å². The zero-order chi connectivity index (χ0) is 13.1. The molecular formula is C14H19BrN2O. The van der Waals surface area contributed by atoms with E-state index in [9.17, 15) is 4.79 Å². The Bertz CT molecular complexity index is 439. The lowest BCUT2D eigenvalue weighted by Crippen LogP contribution is -2.38. The van der Waals surface area contributed by atoms with E-state index in [-0.39, 0.29) is 5.91 Å². The first-order valence-electron chi connectivity index (χ1n) is 6.46. The molecule has 1 amide bonds. The molecule has 2 N–H and O–H groups in total. The van der Waals surface area contributed by atoms with Crippen LogP contribution in [0.5, 0.6) is 0 Å². The maximum Gasteiger partial charge on any atom is 0.253 e. The zero-order valence-electron chi connectivity index (χ0n) is 10.7. The van der Waals surface area contributed by atoms with E-state index in [1.165, 1.54) is 6.42 Å². The fraction of sp³-hybridized carbons (Fsp3) is 0.500. The monoisotopic (exact) mass is 310 g/mol. The standard InChI is InChI=1S/C14H19BrN2O/c1-2-10-5-7-17(8-6-10)14(18)11-3-4-12(15)13(16)9-11/h3-4,9-10H,2,5-8,16H2,1H3. The van der Waals surface area contributed by atoms with E-state index in [1.807, 2.05) is 17.0 Å². The molecule has 1 aromatic carbocycles. The van der Waals surface area contributed by atoms with Crippen molar-refractivity contribution < 1.29 is 4.79 Å². The number of hydrogen-bond acceptors (Lipinski definition) is 2. The van der Waals surface area contributed by atoms with Crippen molar-refractivity contribution in [3.8, 4) is 0 Å². The quantitative estimate of drug-likeness (QED) is 0.852. The van der Waals surface area contributed by atoms with Crippen molar-refractivity contribution in [1.82, 2.24) is 4.90 Å². The topological polar surface area (TPSA) is 46.3 Å². The minimum atomic E-state index is 0.101. The van der Waals surface area contributed by atoms with Gasteiger partial charge in [-0.05, 0) is 52.9 Å². The van der Waals surface area contributed by atoms with E-state index < -0.39 is 0 Å². The molecule has 1 heterocycles. The summed E-state index contributed by atoms with van der Waals surface area (Å²) in [6.45, 7) is 3.96. The van der Waals surface area contributed by atoms with E-state index >= 15 is 0 Å². The summed E-state index contributed by atoms with van der Waals surface area (Å²) in [5.74, 6) is 0.882. The van der Waals surface area contributed by atoms with Crippen LogP contribution in [0.1, 0.15) is 36.5 Å². The maximum atomic E-state index is 12.3. The molecule has 0 saturated carbocycles. The van der Waals surface area contributed by atoms with Crippen LogP contribution in [0.15, 0.2) is 22.7 Å². The smallest absolute Gasteiger partial charge is 0.253 e. The van der Waals surface area contributed by atoms with Crippen molar-refractivity contribution in [2.75, 3.05) is 18.8 Å². The van der Waals surface area contributed by atoms with Gasteiger partial charge < -0.3 is 10.6 Å². The van der Waals surface area contributed by atoms with Gasteiger partial charge in [-0.2, -0.15) is 0 Å². The van der Waals surface area contributed by atoms with Crippen LogP contribution in [0.2, 0.25) is 0 Å². The number of anilines is 1. The largest absolute Gasteiger partial charge is 0.398 e. The van der Waals surface area contributed by atoms with Gasteiger partial charge >= 0.3 is 0 Å². The van der Waals surface area contributed by atoms with Crippen LogP contribution in [0.3, 0.4) is 0 Å². The molecule has 0 unspecified atom stereocenters. The van der Waals surface area contributed by atoms with Crippen LogP contribution in [0, 0.1) is 5.92 Å². The Morgan fingerprint density at radius 2 is 2.11 bits per heavy atom. The second-order valence-corrected chi connectivity index (χ2v) is 5.73. The van der Waals surface area contributed by atoms with Gasteiger partial charge in [0.05, 0.1) is 0 Å². The van der Waals surface area contributed by atoms with Gasteiger partial charge in [-0.15, -0.1) is 0 Å². The first-order chi connectivity index (χ1) is 8.61. The van der Waals surface area contributed by atoms with Crippen LogP contribution in [0.25, 0.3) is 0 Å². The first kappa shape index (κ1) is 13.4. The van der Waals surface area contributed by atoms with Crippen LogP contribution >= 0.6 is 15.9 Å². The van der Waals surface area contributed by atoms with Crippen molar-refractivity contribution >= 4 is 27.5 Å². The highest BCUT2D eigenvalue weighted by Crippen LogP contribution is 2.24. The van der Waals surface area contributed by atoms with Gasteiger partial charge in [0.2, 0.25) is 0 Å². The maximum absolute atomic E-state index is 12.3. The molecule has 1 aromatic rings. The Morgan fingerprint density at radius 3 is 2.67 bits per heavy atom. The third kappa shape index (κ3) is 2.86. The number of nitrogens with two attached hydrogens (primary N) is 1. The number of piperidine rings is 1. The molecule has 3 nitrogen and oxygen atoms in total. The zero-order valence-corrected chi connectivity index (χ0v) is 12.2. The molecule has 1 fully saturated rings. The minimum Gasteiger partial charge on any atom is -0.398 e. The third-order valence-corrected chi connectivity index (χ3v) is 4.44. The summed E-state index contributed by atoms with van der Waals surface area (Å²) in [7, 11) is 0. The summed E-state index contributed by atoms with van der Waals surface area (Å²) in [6.07, 6.45) is 3.45. The van der Waals surface area contributed by atoms with Crippen LogP contribution in [0.4, 0.5) is 5.69 Å². The molecule has 0 aromatic heterocycles. The lowest BCUT2D eigenvalue weighted by atomic mass is 9.94. The number of carbonyl (C=O) groups excluding carboxylic acids is 1. The molecule has 1 aliphatic heterocycles. The highest BCUT2D eigenvalue weighted by Gasteiger charge is 2.22. The van der Waals surface area contributed by atoms with Crippen molar-refractivity contribution in [3.05, 3.63) is 28.2 Å². The molecule has 0 atom stereocenters. The average molecular weight is 311 g/mol. The molecular weight excluding hydrogens is 292 g/mol. The number of likely N-dealkylation sites (tertiary alicyclic amines) is 1. The van der Waals surface area contributed by atoms with Gasteiger partial charge in [-0.3, -0.25) is 4.79 Å². The number of carbonyl (C=O) groups is 1. The normalized spacial score (nSPS) is 16.9. The molecule has 4 heteroatoms. The predicted molar refractivity (Wildman–Crippen MR) is 77.5 cm³/mol. The van der Waals surface area contributed by atoms with Gasteiger partial charge in [0, 0.05) is 28.8 Å². The second-order valence-electron chi connectivity index (χ2n) is 4.88. The molecule has 98 valence electrons. The lowest BCUT2D eigenvalue weighted by Gasteiger charge is -2.31. The van der Waals surface area contributed by atoms with Crippen LogP contribution in [-0.4, -0.2) is 23.9 Å². The number of halogens is 1. The van der Waals surface area contributed by atoms with Crippen LogP contribution in [-0.2, 0) is 0 Å². The highest BCUT2D eigenvalue weighted by molar-refractivity contribution is 9.10. The number of hydrogen-bond donors (Lipinski definition) is 1. The van der Waals surface area contributed by atoms with Crippen LogP contribution < -0.4 is 5.73 Å². The Balaban J connectivity index is 2.05. The number of amides is 1. The van der Waals surface area contributed by atoms with E-state index in [4.69, 9.17) is 5.73 Å². The van der Waals surface area contributed by atoms with Crippen molar-refractivity contribution in [2.45, 2.75) is 26.2 Å². The minimum absolute atomic E-state index is 0.101. The van der Waals surface area contributed by atoms with Gasteiger partial charge in [0.15, 0.2) is 0 Å². The van der Waals surface area contributed by atoms with Crippen molar-refractivity contribution in [1.29, 1.82) is 0 Å². The third-order valence-electron chi connectivity index (χ3n) is 3.72. The van der Waals surface area contributed by atoms with Gasteiger partial charge in [-0.1, -0.05) is 13.3 Å². The molecule has 0 bridgehead atoms. The SMILES string of the molecule is CCC1CCN(C(=O)c2ccc(Br)c(N)c2)CC1. The van der Waals surface area contributed by atoms with Gasteiger partial charge in [-0.25, -0.2) is 0 Å². The molecule has 0 spiro atoms. The molecule has 0 radical (unpaired) electrons. The summed E-state index contributed by atoms with van der Waals surface area (Å²) in [4.78, 5) is 14.3. The van der Waals surface area contributed by atoms with Gasteiger partial charge in [0.1, 0.15) is 0 Å². The summed E-state index contributed by atoms with van der Waals surface area (Å²) in [6, 6.07) is 5.41. The summed E-state index contributed by atoms with van der Waals surface area (Å²) in [5.41, 5.74) is 7.11. The molecule has 0 aliphatic carbocycles. The van der Waals surface area contributed by atoms with Crippen molar-refractivity contribution in [2.24, 2.45) is 5.92 Å². The molecule has 2 rings (SSSR count). The fourth-order valence-electron chi connectivity index (χ4n) is 2.40. The summed E-state index contributed by atoms with van der Waals surface area (Å²) >= 11 is 3.34. The second kappa shape index (κ2) is 5.74. The van der Waals surface area contributed by atoms with E-state index in [0.717, 1.165) is 36.3 Å².